The molecule has 1 aliphatic rings. The lowest BCUT2D eigenvalue weighted by atomic mass is 10.1. The molecule has 0 aromatic heterocycles. The Bertz CT molecular complexity index is 1080. The Morgan fingerprint density at radius 3 is 2.39 bits per heavy atom. The number of ether oxygens (including phenoxy) is 2. The second-order valence-electron chi connectivity index (χ2n) is 6.78. The standard InChI is InChI=1S/C20H20Cl2N2O6S/c1-13-2-3-14(8-18(13)31(27,28)24-4-6-29-7-5-24)20(26)30-12-19(25)23-17-10-15(21)9-16(22)11-17/h2-3,8-11H,4-7,12H2,1H3,(H,23,25). The quantitative estimate of drug-likeness (QED) is 0.629. The van der Waals surface area contributed by atoms with Crippen LogP contribution >= 0.6 is 23.2 Å². The van der Waals surface area contributed by atoms with Gasteiger partial charge in [-0.3, -0.25) is 4.79 Å². The van der Waals surface area contributed by atoms with Crippen LogP contribution in [0.4, 0.5) is 5.69 Å². The number of hydrogen-bond donors (Lipinski definition) is 1. The number of nitrogens with zero attached hydrogens (tertiary/aromatic N) is 1. The molecule has 3 rings (SSSR count). The van der Waals surface area contributed by atoms with Gasteiger partial charge in [-0.25, -0.2) is 13.2 Å². The van der Waals surface area contributed by atoms with Crippen LogP contribution in [-0.2, 0) is 24.3 Å². The summed E-state index contributed by atoms with van der Waals surface area (Å²) >= 11 is 11.8. The summed E-state index contributed by atoms with van der Waals surface area (Å²) in [6, 6.07) is 8.74. The molecule has 0 unspecified atom stereocenters. The van der Waals surface area contributed by atoms with E-state index < -0.39 is 28.5 Å². The van der Waals surface area contributed by atoms with Gasteiger partial charge in [0.25, 0.3) is 5.91 Å². The Balaban J connectivity index is 1.68. The van der Waals surface area contributed by atoms with Crippen LogP contribution in [0.15, 0.2) is 41.3 Å². The van der Waals surface area contributed by atoms with E-state index in [0.29, 0.717) is 34.5 Å². The molecule has 1 amide bonds. The lowest BCUT2D eigenvalue weighted by Gasteiger charge is -2.26. The fourth-order valence-electron chi connectivity index (χ4n) is 2.97. The van der Waals surface area contributed by atoms with Gasteiger partial charge in [-0.1, -0.05) is 29.3 Å². The summed E-state index contributed by atoms with van der Waals surface area (Å²) < 4.78 is 37.4. The average Bonchev–Trinajstić information content (AvgIpc) is 2.72. The molecule has 0 saturated carbocycles. The summed E-state index contributed by atoms with van der Waals surface area (Å²) in [5.74, 6) is -1.42. The molecule has 0 atom stereocenters. The van der Waals surface area contributed by atoms with Crippen molar-refractivity contribution in [1.82, 2.24) is 4.31 Å². The van der Waals surface area contributed by atoms with Gasteiger partial charge in [0.05, 0.1) is 23.7 Å². The number of rotatable bonds is 6. The Hall–Kier alpha value is -2.17. The third-order valence-corrected chi connectivity index (χ3v) is 6.97. The van der Waals surface area contributed by atoms with Crippen molar-refractivity contribution in [3.8, 4) is 0 Å². The van der Waals surface area contributed by atoms with Gasteiger partial charge in [-0.2, -0.15) is 4.31 Å². The molecule has 2 aromatic carbocycles. The normalized spacial score (nSPS) is 14.8. The Morgan fingerprint density at radius 1 is 1.10 bits per heavy atom. The van der Waals surface area contributed by atoms with Gasteiger partial charge in [-0.15, -0.1) is 0 Å². The smallest absolute Gasteiger partial charge is 0.338 e. The number of morpholine rings is 1. The molecular weight excluding hydrogens is 467 g/mol. The van der Waals surface area contributed by atoms with E-state index in [4.69, 9.17) is 32.7 Å². The zero-order valence-corrected chi connectivity index (χ0v) is 18.9. The maximum absolute atomic E-state index is 12.9. The lowest BCUT2D eigenvalue weighted by Crippen LogP contribution is -2.40. The Morgan fingerprint density at radius 2 is 1.74 bits per heavy atom. The number of hydrogen-bond acceptors (Lipinski definition) is 6. The van der Waals surface area contributed by atoms with Gasteiger partial charge < -0.3 is 14.8 Å². The van der Waals surface area contributed by atoms with Gasteiger partial charge in [-0.05, 0) is 42.8 Å². The number of carbonyl (C=O) groups is 2. The maximum Gasteiger partial charge on any atom is 0.338 e. The van der Waals surface area contributed by atoms with E-state index in [1.165, 1.54) is 40.7 Å². The Kier molecular flexibility index (Phi) is 7.55. The van der Waals surface area contributed by atoms with Gasteiger partial charge in [0.2, 0.25) is 10.0 Å². The monoisotopic (exact) mass is 486 g/mol. The number of sulfonamides is 1. The molecule has 0 aliphatic carbocycles. The summed E-state index contributed by atoms with van der Waals surface area (Å²) in [4.78, 5) is 24.5. The fourth-order valence-corrected chi connectivity index (χ4v) is 5.15. The van der Waals surface area contributed by atoms with Crippen LogP contribution in [-0.4, -0.2) is 57.5 Å². The summed E-state index contributed by atoms with van der Waals surface area (Å²) in [5.41, 5.74) is 0.877. The van der Waals surface area contributed by atoms with Gasteiger partial charge >= 0.3 is 5.97 Å². The fraction of sp³-hybridized carbons (Fsp3) is 0.300. The predicted molar refractivity (Wildman–Crippen MR) is 116 cm³/mol. The molecule has 1 saturated heterocycles. The molecule has 8 nitrogen and oxygen atoms in total. The van der Waals surface area contributed by atoms with E-state index in [0.717, 1.165) is 0 Å². The van der Waals surface area contributed by atoms with Crippen LogP contribution in [0.1, 0.15) is 15.9 Å². The molecule has 1 heterocycles. The number of carbonyl (C=O) groups excluding carboxylic acids is 2. The van der Waals surface area contributed by atoms with Crippen LogP contribution < -0.4 is 5.32 Å². The first-order valence-corrected chi connectivity index (χ1v) is 11.5. The number of amides is 1. The molecule has 1 aliphatic heterocycles. The van der Waals surface area contributed by atoms with E-state index in [-0.39, 0.29) is 23.5 Å². The highest BCUT2D eigenvalue weighted by Gasteiger charge is 2.28. The molecular formula is C20H20Cl2N2O6S. The number of benzene rings is 2. The number of nitrogens with one attached hydrogen (secondary N) is 1. The minimum absolute atomic E-state index is 0.0156. The molecule has 0 spiro atoms. The van der Waals surface area contributed by atoms with Crippen molar-refractivity contribution >= 4 is 50.8 Å². The van der Waals surface area contributed by atoms with E-state index in [1.807, 2.05) is 0 Å². The highest BCUT2D eigenvalue weighted by Crippen LogP contribution is 2.24. The van der Waals surface area contributed by atoms with Crippen molar-refractivity contribution in [3.05, 3.63) is 57.6 Å². The lowest BCUT2D eigenvalue weighted by molar-refractivity contribution is -0.119. The summed E-state index contributed by atoms with van der Waals surface area (Å²) in [6.07, 6.45) is 0. The van der Waals surface area contributed by atoms with Crippen molar-refractivity contribution in [2.75, 3.05) is 38.2 Å². The van der Waals surface area contributed by atoms with Crippen molar-refractivity contribution in [2.24, 2.45) is 0 Å². The van der Waals surface area contributed by atoms with E-state index in [2.05, 4.69) is 5.32 Å². The van der Waals surface area contributed by atoms with Crippen LogP contribution in [0, 0.1) is 6.92 Å². The summed E-state index contributed by atoms with van der Waals surface area (Å²) in [7, 11) is -3.79. The van der Waals surface area contributed by atoms with Gasteiger partial charge in [0.1, 0.15) is 0 Å². The van der Waals surface area contributed by atoms with Crippen molar-refractivity contribution in [1.29, 1.82) is 0 Å². The average molecular weight is 487 g/mol. The predicted octanol–water partition coefficient (Wildman–Crippen LogP) is 3.12. The second kappa shape index (κ2) is 9.97. The zero-order valence-electron chi connectivity index (χ0n) is 16.6. The molecule has 1 N–H and O–H groups in total. The highest BCUT2D eigenvalue weighted by atomic mass is 35.5. The topological polar surface area (TPSA) is 102 Å². The maximum atomic E-state index is 12.9. The largest absolute Gasteiger partial charge is 0.452 e. The number of esters is 1. The first kappa shape index (κ1) is 23.5. The van der Waals surface area contributed by atoms with Crippen LogP contribution in [0.3, 0.4) is 0 Å². The highest BCUT2D eigenvalue weighted by molar-refractivity contribution is 7.89. The van der Waals surface area contributed by atoms with Crippen LogP contribution in [0.2, 0.25) is 10.0 Å². The molecule has 0 bridgehead atoms. The SMILES string of the molecule is Cc1ccc(C(=O)OCC(=O)Nc2cc(Cl)cc(Cl)c2)cc1S(=O)(=O)N1CCOCC1. The minimum Gasteiger partial charge on any atom is -0.452 e. The zero-order chi connectivity index (χ0) is 22.6. The number of aryl methyl sites for hydroxylation is 1. The third-order valence-electron chi connectivity index (χ3n) is 4.49. The molecule has 1 fully saturated rings. The Labute approximate surface area is 190 Å². The first-order valence-electron chi connectivity index (χ1n) is 9.28. The van der Waals surface area contributed by atoms with E-state index in [1.54, 1.807) is 6.92 Å². The van der Waals surface area contributed by atoms with Gasteiger partial charge in [0, 0.05) is 28.8 Å². The van der Waals surface area contributed by atoms with Crippen molar-refractivity contribution < 1.29 is 27.5 Å². The third kappa shape index (κ3) is 5.96. The second-order valence-corrected chi connectivity index (χ2v) is 9.56. The van der Waals surface area contributed by atoms with Crippen molar-refractivity contribution in [2.45, 2.75) is 11.8 Å². The van der Waals surface area contributed by atoms with Crippen LogP contribution in [0.5, 0.6) is 0 Å². The molecule has 31 heavy (non-hydrogen) atoms. The molecule has 2 aromatic rings. The van der Waals surface area contributed by atoms with E-state index >= 15 is 0 Å². The van der Waals surface area contributed by atoms with E-state index in [9.17, 15) is 18.0 Å². The number of halogens is 2. The van der Waals surface area contributed by atoms with Crippen molar-refractivity contribution in [3.63, 3.8) is 0 Å². The van der Waals surface area contributed by atoms with Crippen LogP contribution in [0.25, 0.3) is 0 Å². The summed E-state index contributed by atoms with van der Waals surface area (Å²) in [6.45, 7) is 2.18. The molecule has 0 radical (unpaired) electrons. The summed E-state index contributed by atoms with van der Waals surface area (Å²) in [5, 5.41) is 3.20. The minimum atomic E-state index is -3.79. The van der Waals surface area contributed by atoms with Gasteiger partial charge in [0.15, 0.2) is 6.61 Å². The molecule has 11 heteroatoms. The molecule has 166 valence electrons. The first-order chi connectivity index (χ1) is 14.7. The number of anilines is 1.